The van der Waals surface area contributed by atoms with Gasteiger partial charge in [-0.25, -0.2) is 0 Å². The summed E-state index contributed by atoms with van der Waals surface area (Å²) in [6, 6.07) is 22.3. The van der Waals surface area contributed by atoms with Gasteiger partial charge in [0, 0.05) is 0 Å². The maximum atomic E-state index is 5.00. The van der Waals surface area contributed by atoms with E-state index in [4.69, 9.17) is 25.5 Å². The predicted molar refractivity (Wildman–Crippen MR) is 121 cm³/mol. The molecule has 1 saturated carbocycles. The van der Waals surface area contributed by atoms with Gasteiger partial charge in [0.1, 0.15) is 0 Å². The van der Waals surface area contributed by atoms with Crippen molar-refractivity contribution in [1.82, 2.24) is 0 Å². The fourth-order valence-corrected chi connectivity index (χ4v) is 7.06. The first-order valence-corrected chi connectivity index (χ1v) is 19.6. The first-order valence-electron chi connectivity index (χ1n) is 8.74. The molecule has 0 amide bonds. The first-order chi connectivity index (χ1) is 12.7. The molecule has 2 aromatic carbocycles. The number of benzene rings is 2. The fourth-order valence-electron chi connectivity index (χ4n) is 3.94. The number of fused-ring (bicyclic) bond motifs is 1. The van der Waals surface area contributed by atoms with Gasteiger partial charge in [-0.3, -0.25) is 0 Å². The summed E-state index contributed by atoms with van der Waals surface area (Å²) in [7, 11) is 14.7. The molecule has 4 rings (SSSR count). The molecule has 0 N–H and O–H groups in total. The maximum absolute atomic E-state index is 5.00. The molecule has 1 fully saturated rings. The second kappa shape index (κ2) is 11.9. The zero-order valence-electron chi connectivity index (χ0n) is 15.3. The average Bonchev–Trinajstić information content (AvgIpc) is 3.07. The van der Waals surface area contributed by atoms with Crippen LogP contribution >= 0.6 is 33.5 Å². The Balaban J connectivity index is 0.000000479. The molecule has 0 aromatic heterocycles. The number of hydrogen-bond acceptors (Lipinski definition) is 0. The Morgan fingerprint density at radius 3 is 1.74 bits per heavy atom. The van der Waals surface area contributed by atoms with Crippen molar-refractivity contribution in [2.24, 2.45) is 11.8 Å². The molecule has 0 spiro atoms. The van der Waals surface area contributed by atoms with Crippen LogP contribution in [0.2, 0.25) is 0 Å². The molecule has 0 nitrogen and oxygen atoms in total. The molecule has 0 bridgehead atoms. The van der Waals surface area contributed by atoms with E-state index in [0.29, 0.717) is 0 Å². The third-order valence-corrected chi connectivity index (χ3v) is 7.91. The van der Waals surface area contributed by atoms with Crippen LogP contribution in [0, 0.1) is 19.3 Å². The fraction of sp³-hybridized carbons (Fsp3) is 0.227. The summed E-state index contributed by atoms with van der Waals surface area (Å²) in [5, 5.41) is 3.05. The van der Waals surface area contributed by atoms with Crippen LogP contribution in [0.1, 0.15) is 12.8 Å². The predicted octanol–water partition coefficient (Wildman–Crippen LogP) is 7.16. The SMILES string of the molecule is C1=CC2CCC(P(c3ccccc3)c3ccccc3)C2C=C1.[CH3-].[Cl][Zr]([Cl])[Cl]. The summed E-state index contributed by atoms with van der Waals surface area (Å²) < 4.78 is 0. The molecule has 3 unspecified atom stereocenters. The molecule has 0 radical (unpaired) electrons. The van der Waals surface area contributed by atoms with Gasteiger partial charge in [-0.15, -0.1) is 0 Å². The summed E-state index contributed by atoms with van der Waals surface area (Å²) in [6.45, 7) is 0. The summed E-state index contributed by atoms with van der Waals surface area (Å²) in [4.78, 5) is 0. The molecule has 0 heterocycles. The zero-order valence-corrected chi connectivity index (χ0v) is 20.9. The van der Waals surface area contributed by atoms with Gasteiger partial charge < -0.3 is 7.43 Å². The van der Waals surface area contributed by atoms with Gasteiger partial charge in [0.2, 0.25) is 0 Å². The Bertz CT molecular complexity index is 691. The van der Waals surface area contributed by atoms with Crippen molar-refractivity contribution in [3.8, 4) is 0 Å². The molecule has 0 saturated heterocycles. The van der Waals surface area contributed by atoms with Gasteiger partial charge in [-0.1, -0.05) is 85.0 Å². The van der Waals surface area contributed by atoms with E-state index in [9.17, 15) is 0 Å². The third kappa shape index (κ3) is 6.55. The molecule has 5 heteroatoms. The van der Waals surface area contributed by atoms with Gasteiger partial charge in [0.15, 0.2) is 0 Å². The Morgan fingerprint density at radius 2 is 1.22 bits per heavy atom. The van der Waals surface area contributed by atoms with Crippen molar-refractivity contribution >= 4 is 44.1 Å². The van der Waals surface area contributed by atoms with Crippen LogP contribution < -0.4 is 10.6 Å². The normalized spacial score (nSPS) is 22.4. The molecular formula is C22H24Cl3PZr-. The second-order valence-electron chi connectivity index (χ2n) is 6.41. The zero-order chi connectivity index (χ0) is 18.4. The molecule has 2 aliphatic rings. The van der Waals surface area contributed by atoms with Crippen molar-refractivity contribution in [1.29, 1.82) is 0 Å². The van der Waals surface area contributed by atoms with Crippen molar-refractivity contribution in [2.45, 2.75) is 18.5 Å². The minimum atomic E-state index is -2.13. The van der Waals surface area contributed by atoms with Gasteiger partial charge in [-0.2, -0.15) is 0 Å². The molecule has 27 heavy (non-hydrogen) atoms. The van der Waals surface area contributed by atoms with Crippen LogP contribution in [-0.4, -0.2) is 5.66 Å². The van der Waals surface area contributed by atoms with Crippen LogP contribution in [0.25, 0.3) is 0 Å². The van der Waals surface area contributed by atoms with E-state index < -0.39 is 18.2 Å². The van der Waals surface area contributed by atoms with Crippen molar-refractivity contribution < 1.29 is 18.2 Å². The van der Waals surface area contributed by atoms with E-state index in [1.54, 1.807) is 0 Å². The van der Waals surface area contributed by atoms with Gasteiger partial charge >= 0.3 is 43.7 Å². The quantitative estimate of drug-likeness (QED) is 0.300. The van der Waals surface area contributed by atoms with Crippen LogP contribution in [-0.2, 0) is 18.2 Å². The van der Waals surface area contributed by atoms with E-state index in [0.717, 1.165) is 17.5 Å². The number of halogens is 3. The topological polar surface area (TPSA) is 0 Å². The van der Waals surface area contributed by atoms with Crippen LogP contribution in [0.3, 0.4) is 0 Å². The van der Waals surface area contributed by atoms with Crippen LogP contribution in [0.4, 0.5) is 0 Å². The molecular weight excluding hydrogens is 493 g/mol. The van der Waals surface area contributed by atoms with Crippen molar-refractivity contribution in [2.75, 3.05) is 0 Å². The van der Waals surface area contributed by atoms with Crippen LogP contribution in [0.5, 0.6) is 0 Å². The summed E-state index contributed by atoms with van der Waals surface area (Å²) in [5.74, 6) is 1.48. The third-order valence-electron chi connectivity index (χ3n) is 4.94. The Kier molecular flexibility index (Phi) is 10.3. The van der Waals surface area contributed by atoms with E-state index in [-0.39, 0.29) is 15.3 Å². The average molecular weight is 517 g/mol. The number of allylic oxidation sites excluding steroid dienone is 4. The van der Waals surface area contributed by atoms with Gasteiger partial charge in [-0.05, 0) is 48.9 Å². The Hall–Kier alpha value is 0.103. The minimum absolute atomic E-state index is 0. The van der Waals surface area contributed by atoms with E-state index in [2.05, 4.69) is 85.0 Å². The first kappa shape index (κ1) is 23.4. The Labute approximate surface area is 183 Å². The van der Waals surface area contributed by atoms with Gasteiger partial charge in [0.25, 0.3) is 0 Å². The van der Waals surface area contributed by atoms with Crippen molar-refractivity contribution in [3.05, 3.63) is 92.4 Å². The van der Waals surface area contributed by atoms with Crippen molar-refractivity contribution in [3.63, 3.8) is 0 Å². The van der Waals surface area contributed by atoms with Crippen LogP contribution in [0.15, 0.2) is 85.0 Å². The molecule has 143 valence electrons. The van der Waals surface area contributed by atoms with E-state index in [1.165, 1.54) is 23.5 Å². The Morgan fingerprint density at radius 1 is 0.741 bits per heavy atom. The number of rotatable bonds is 3. The monoisotopic (exact) mass is 514 g/mol. The van der Waals surface area contributed by atoms with E-state index in [1.807, 2.05) is 0 Å². The second-order valence-corrected chi connectivity index (χ2v) is 20.0. The molecule has 3 atom stereocenters. The number of hydrogen-bond donors (Lipinski definition) is 0. The summed E-state index contributed by atoms with van der Waals surface area (Å²) in [6.07, 6.45) is 12.1. The van der Waals surface area contributed by atoms with Gasteiger partial charge in [0.05, 0.1) is 0 Å². The molecule has 0 aliphatic heterocycles. The summed E-state index contributed by atoms with van der Waals surface area (Å²) in [5.41, 5.74) is 0.769. The summed E-state index contributed by atoms with van der Waals surface area (Å²) >= 11 is -2.13. The van der Waals surface area contributed by atoms with E-state index >= 15 is 0 Å². The molecule has 2 aromatic rings. The standard InChI is InChI=1S/C21H21P.CH3.3ClH.Zr/c1-3-10-18(11-4-1)22(19-12-5-2-6-13-19)21-16-15-17-9-7-8-14-20(17)21;;;;;/h1-14,17,20-21H,15-16H2;1H3;3*1H;/q;-1;;;;+3/p-3. The molecule has 2 aliphatic carbocycles.